The Morgan fingerprint density at radius 2 is 1.73 bits per heavy atom. The van der Waals surface area contributed by atoms with Gasteiger partial charge in [-0.25, -0.2) is 8.42 Å². The Balaban J connectivity index is 1.58. The molecule has 2 amide bonds. The van der Waals surface area contributed by atoms with E-state index in [0.717, 1.165) is 52.7 Å². The third-order valence-corrected chi connectivity index (χ3v) is 8.38. The minimum atomic E-state index is -3.83. The lowest BCUT2D eigenvalue weighted by molar-refractivity contribution is -0.139. The summed E-state index contributed by atoms with van der Waals surface area (Å²) in [6.45, 7) is 1.42. The van der Waals surface area contributed by atoms with E-state index in [1.807, 2.05) is 24.3 Å². The number of amides is 2. The maximum Gasteiger partial charge on any atom is 0.244 e. The number of halogens is 1. The molecule has 9 nitrogen and oxygen atoms in total. The van der Waals surface area contributed by atoms with Gasteiger partial charge in [0.1, 0.15) is 12.6 Å². The number of sulfonamides is 1. The molecule has 1 N–H and O–H groups in total. The number of carbonyl (C=O) groups is 2. The molecule has 1 heterocycles. The predicted molar refractivity (Wildman–Crippen MR) is 144 cm³/mol. The molecule has 1 atom stereocenters. The monoisotopic (exact) mass is 593 g/mol. The molecule has 0 bridgehead atoms. The van der Waals surface area contributed by atoms with E-state index in [1.165, 1.54) is 11.0 Å². The summed E-state index contributed by atoms with van der Waals surface area (Å²) in [4.78, 5) is 28.3. The molecule has 11 heteroatoms. The fourth-order valence-electron chi connectivity index (χ4n) is 4.59. The molecule has 0 radical (unpaired) electrons. The van der Waals surface area contributed by atoms with Crippen LogP contribution in [-0.4, -0.2) is 56.8 Å². The smallest absolute Gasteiger partial charge is 0.244 e. The first kappa shape index (κ1) is 27.3. The van der Waals surface area contributed by atoms with Crippen LogP contribution >= 0.6 is 15.9 Å². The van der Waals surface area contributed by atoms with Crippen LogP contribution in [0.2, 0.25) is 0 Å². The highest BCUT2D eigenvalue weighted by Crippen LogP contribution is 2.36. The van der Waals surface area contributed by atoms with Crippen LogP contribution in [0.15, 0.2) is 46.9 Å². The maximum atomic E-state index is 13.7. The first-order valence-electron chi connectivity index (χ1n) is 12.3. The first-order chi connectivity index (χ1) is 17.6. The molecule has 0 unspecified atom stereocenters. The second-order valence-corrected chi connectivity index (χ2v) is 12.3. The Hall–Kier alpha value is -2.79. The van der Waals surface area contributed by atoms with Crippen molar-refractivity contribution >= 4 is 43.5 Å². The summed E-state index contributed by atoms with van der Waals surface area (Å²) < 4.78 is 38.1. The molecule has 0 aromatic heterocycles. The molecule has 1 aliphatic heterocycles. The van der Waals surface area contributed by atoms with Crippen molar-refractivity contribution in [3.63, 3.8) is 0 Å². The molecule has 200 valence electrons. The summed E-state index contributed by atoms with van der Waals surface area (Å²) in [6, 6.07) is 11.5. The average Bonchev–Trinajstić information content (AvgIpc) is 3.34. The Bertz CT molecular complexity index is 1230. The highest BCUT2D eigenvalue weighted by Gasteiger charge is 2.31. The largest absolute Gasteiger partial charge is 0.454 e. The Morgan fingerprint density at radius 1 is 1.05 bits per heavy atom. The van der Waals surface area contributed by atoms with Gasteiger partial charge in [0.25, 0.3) is 0 Å². The zero-order valence-corrected chi connectivity index (χ0v) is 23.4. The lowest BCUT2D eigenvalue weighted by Gasteiger charge is -2.33. The molecule has 1 saturated carbocycles. The molecular weight excluding hydrogens is 562 g/mol. The number of nitrogens with zero attached hydrogens (tertiary/aromatic N) is 2. The van der Waals surface area contributed by atoms with Gasteiger partial charge in [-0.2, -0.15) is 0 Å². The number of anilines is 1. The van der Waals surface area contributed by atoms with E-state index in [4.69, 9.17) is 9.47 Å². The zero-order chi connectivity index (χ0) is 26.6. The first-order valence-corrected chi connectivity index (χ1v) is 15.0. The second-order valence-electron chi connectivity index (χ2n) is 9.47. The van der Waals surface area contributed by atoms with Crippen molar-refractivity contribution in [2.24, 2.45) is 0 Å². The van der Waals surface area contributed by atoms with Crippen molar-refractivity contribution in [1.82, 2.24) is 10.2 Å². The average molecular weight is 595 g/mol. The van der Waals surface area contributed by atoms with E-state index in [0.29, 0.717) is 11.5 Å². The van der Waals surface area contributed by atoms with Crippen LogP contribution in [0.1, 0.15) is 44.6 Å². The fraction of sp³-hybridized carbons (Fsp3) is 0.462. The number of hydrogen-bond donors (Lipinski definition) is 1. The summed E-state index contributed by atoms with van der Waals surface area (Å²) in [5.74, 6) is 0.183. The van der Waals surface area contributed by atoms with Crippen LogP contribution < -0.4 is 19.1 Å². The second kappa shape index (κ2) is 11.7. The quantitative estimate of drug-likeness (QED) is 0.474. The van der Waals surface area contributed by atoms with Gasteiger partial charge in [0.05, 0.1) is 11.9 Å². The molecular formula is C26H32BrN3O6S. The van der Waals surface area contributed by atoms with Gasteiger partial charge in [-0.1, -0.05) is 47.3 Å². The van der Waals surface area contributed by atoms with E-state index < -0.39 is 28.5 Å². The molecule has 0 saturated heterocycles. The van der Waals surface area contributed by atoms with Crippen molar-refractivity contribution < 1.29 is 27.5 Å². The third kappa shape index (κ3) is 6.95. The van der Waals surface area contributed by atoms with Crippen molar-refractivity contribution in [2.75, 3.05) is 23.9 Å². The van der Waals surface area contributed by atoms with Gasteiger partial charge in [-0.05, 0) is 49.6 Å². The van der Waals surface area contributed by atoms with Crippen LogP contribution in [0.3, 0.4) is 0 Å². The Labute approximate surface area is 226 Å². The molecule has 2 aromatic rings. The minimum Gasteiger partial charge on any atom is -0.454 e. The lowest BCUT2D eigenvalue weighted by atomic mass is 9.95. The highest BCUT2D eigenvalue weighted by atomic mass is 79.9. The van der Waals surface area contributed by atoms with Gasteiger partial charge in [0.15, 0.2) is 11.5 Å². The van der Waals surface area contributed by atoms with Crippen LogP contribution in [0.5, 0.6) is 11.5 Å². The summed E-state index contributed by atoms with van der Waals surface area (Å²) >= 11 is 3.41. The number of nitrogens with one attached hydrogen (secondary N) is 1. The summed E-state index contributed by atoms with van der Waals surface area (Å²) in [5, 5.41) is 3.09. The standard InChI is InChI=1S/C26H32BrN3O6S/c1-18(26(32)28-21-6-4-3-5-7-21)29(15-19-8-10-20(27)11-9-19)25(31)16-30(37(2,33)34)22-12-13-23-24(14-22)36-17-35-23/h8-14,18,21H,3-7,15-17H2,1-2H3,(H,28,32)/t18-/m1/s1. The normalized spacial score (nSPS) is 16.2. The fourth-order valence-corrected chi connectivity index (χ4v) is 5.70. The molecule has 1 fully saturated rings. The summed E-state index contributed by atoms with van der Waals surface area (Å²) in [7, 11) is -3.83. The zero-order valence-electron chi connectivity index (χ0n) is 21.0. The van der Waals surface area contributed by atoms with E-state index in [2.05, 4.69) is 21.2 Å². The Morgan fingerprint density at radius 3 is 2.41 bits per heavy atom. The highest BCUT2D eigenvalue weighted by molar-refractivity contribution is 9.10. The number of fused-ring (bicyclic) bond motifs is 1. The predicted octanol–water partition coefficient (Wildman–Crippen LogP) is 3.81. The topological polar surface area (TPSA) is 105 Å². The molecule has 2 aliphatic rings. The van der Waals surface area contributed by atoms with Gasteiger partial charge < -0.3 is 19.7 Å². The molecule has 4 rings (SSSR count). The number of rotatable bonds is 9. The third-order valence-electron chi connectivity index (χ3n) is 6.71. The number of ether oxygens (including phenoxy) is 2. The number of carbonyl (C=O) groups excluding carboxylic acids is 2. The van der Waals surface area contributed by atoms with Crippen LogP contribution in [0, 0.1) is 0 Å². The lowest BCUT2D eigenvalue weighted by Crippen LogP contribution is -2.52. The van der Waals surface area contributed by atoms with Crippen molar-refractivity contribution in [1.29, 1.82) is 0 Å². The molecule has 0 spiro atoms. The number of hydrogen-bond acceptors (Lipinski definition) is 6. The van der Waals surface area contributed by atoms with Crippen molar-refractivity contribution in [3.8, 4) is 11.5 Å². The summed E-state index contributed by atoms with van der Waals surface area (Å²) in [6.07, 6.45) is 6.19. The van der Waals surface area contributed by atoms with E-state index >= 15 is 0 Å². The Kier molecular flexibility index (Phi) is 8.63. The molecule has 37 heavy (non-hydrogen) atoms. The maximum absolute atomic E-state index is 13.7. The van der Waals surface area contributed by atoms with Gasteiger partial charge in [-0.15, -0.1) is 0 Å². The van der Waals surface area contributed by atoms with Crippen LogP contribution in [-0.2, 0) is 26.2 Å². The number of benzene rings is 2. The van der Waals surface area contributed by atoms with Crippen LogP contribution in [0.25, 0.3) is 0 Å². The van der Waals surface area contributed by atoms with Crippen molar-refractivity contribution in [3.05, 3.63) is 52.5 Å². The SMILES string of the molecule is C[C@H](C(=O)NC1CCCCC1)N(Cc1ccc(Br)cc1)C(=O)CN(c1ccc2c(c1)OCO2)S(C)(=O)=O. The van der Waals surface area contributed by atoms with E-state index in [-0.39, 0.29) is 31.0 Å². The molecule has 1 aliphatic carbocycles. The van der Waals surface area contributed by atoms with Gasteiger partial charge in [0, 0.05) is 23.1 Å². The van der Waals surface area contributed by atoms with Crippen molar-refractivity contribution in [2.45, 2.75) is 57.7 Å². The van der Waals surface area contributed by atoms with Gasteiger partial charge in [0.2, 0.25) is 28.6 Å². The summed E-state index contributed by atoms with van der Waals surface area (Å²) in [5.41, 5.74) is 1.10. The minimum absolute atomic E-state index is 0.0468. The van der Waals surface area contributed by atoms with E-state index in [9.17, 15) is 18.0 Å². The van der Waals surface area contributed by atoms with E-state index in [1.54, 1.807) is 19.1 Å². The molecule has 2 aromatic carbocycles. The van der Waals surface area contributed by atoms with Crippen LogP contribution in [0.4, 0.5) is 5.69 Å². The van der Waals surface area contributed by atoms with Gasteiger partial charge >= 0.3 is 0 Å². The van der Waals surface area contributed by atoms with Gasteiger partial charge in [-0.3, -0.25) is 13.9 Å².